The zero-order valence-corrected chi connectivity index (χ0v) is 7.07. The highest BCUT2D eigenvalue weighted by molar-refractivity contribution is 7.76. The van der Waals surface area contributed by atoms with Crippen LogP contribution in [-0.4, -0.2) is 8.42 Å². The predicted octanol–water partition coefficient (Wildman–Crippen LogP) is 1.14. The van der Waals surface area contributed by atoms with E-state index in [2.05, 4.69) is 29.5 Å². The van der Waals surface area contributed by atoms with Gasteiger partial charge in [-0.2, -0.15) is 0 Å². The summed E-state index contributed by atoms with van der Waals surface area (Å²) in [5.74, 6) is 0. The van der Waals surface area contributed by atoms with Gasteiger partial charge in [0.05, 0.1) is 4.91 Å². The summed E-state index contributed by atoms with van der Waals surface area (Å²) in [6.07, 6.45) is 0.421. The third-order valence-corrected chi connectivity index (χ3v) is 1.78. The van der Waals surface area contributed by atoms with Crippen molar-refractivity contribution in [2.24, 2.45) is 0 Å². The molecule has 0 aromatic carbocycles. The molecule has 0 aliphatic carbocycles. The fourth-order valence-corrected chi connectivity index (χ4v) is 0.816. The molecule has 58 valence electrons. The molecule has 0 aromatic rings. The van der Waals surface area contributed by atoms with Gasteiger partial charge >= 0.3 is 0 Å². The normalized spacial score (nSPS) is 7.45. The fourth-order valence-electron chi connectivity index (χ4n) is 0.411. The van der Waals surface area contributed by atoms with Crippen LogP contribution in [0.3, 0.4) is 0 Å². The van der Waals surface area contributed by atoms with Crippen LogP contribution in [0, 0.1) is 0 Å². The maximum Gasteiger partial charge on any atom is 0.172 e. The summed E-state index contributed by atoms with van der Waals surface area (Å²) < 4.78 is 20.7. The quantitative estimate of drug-likeness (QED) is 0.495. The van der Waals surface area contributed by atoms with Crippen LogP contribution in [-0.2, 0) is 10.7 Å². The zero-order valence-electron chi connectivity index (χ0n) is 6.18. The Balaban J connectivity index is 5.24. The van der Waals surface area contributed by atoms with Crippen molar-refractivity contribution in [3.63, 3.8) is 0 Å². The molecule has 0 rings (SSSR count). The number of thiol groups is 1. The van der Waals surface area contributed by atoms with Gasteiger partial charge < -0.3 is 0 Å². The second-order valence-electron chi connectivity index (χ2n) is 1.61. The van der Waals surface area contributed by atoms with Gasteiger partial charge in [-0.25, -0.2) is 8.42 Å². The first-order valence-electron chi connectivity index (χ1n) is 3.00. The summed E-state index contributed by atoms with van der Waals surface area (Å²) in [5.41, 5.74) is 9.46. The standard InChI is InChI=1S/C8H8O2S/c1-3-5-6-7-8(4-2)11(9)10/h11H,1,4H2,2H3. The van der Waals surface area contributed by atoms with E-state index in [1.54, 1.807) is 6.92 Å². The maximum atomic E-state index is 10.4. The van der Waals surface area contributed by atoms with E-state index in [1.165, 1.54) is 0 Å². The maximum absolute atomic E-state index is 10.4. The molecule has 0 N–H and O–H groups in total. The van der Waals surface area contributed by atoms with Gasteiger partial charge in [0.2, 0.25) is 0 Å². The molecule has 0 saturated heterocycles. The minimum absolute atomic E-state index is 0.211. The molecule has 0 aliphatic heterocycles. The minimum atomic E-state index is -2.53. The minimum Gasteiger partial charge on any atom is -0.226 e. The van der Waals surface area contributed by atoms with Crippen LogP contribution < -0.4 is 0 Å². The largest absolute Gasteiger partial charge is 0.226 e. The van der Waals surface area contributed by atoms with Gasteiger partial charge in [0.15, 0.2) is 10.7 Å². The van der Waals surface area contributed by atoms with Gasteiger partial charge in [-0.1, -0.05) is 12.7 Å². The molecule has 0 amide bonds. The van der Waals surface area contributed by atoms with E-state index in [4.69, 9.17) is 0 Å². The first-order chi connectivity index (χ1) is 5.22. The highest BCUT2D eigenvalue weighted by atomic mass is 32.2. The lowest BCUT2D eigenvalue weighted by Crippen LogP contribution is -1.78. The zero-order chi connectivity index (χ0) is 8.69. The number of allylic oxidation sites excluding steroid dienone is 1. The van der Waals surface area contributed by atoms with Crippen molar-refractivity contribution in [1.82, 2.24) is 0 Å². The van der Waals surface area contributed by atoms with Crippen LogP contribution in [0.25, 0.3) is 0 Å². The van der Waals surface area contributed by atoms with Crippen molar-refractivity contribution in [2.75, 3.05) is 0 Å². The van der Waals surface area contributed by atoms with E-state index in [1.807, 2.05) is 0 Å². The topological polar surface area (TPSA) is 34.1 Å². The number of hydrogen-bond acceptors (Lipinski definition) is 2. The summed E-state index contributed by atoms with van der Waals surface area (Å²) in [6, 6.07) is 0. The van der Waals surface area contributed by atoms with E-state index in [0.717, 1.165) is 0 Å². The van der Waals surface area contributed by atoms with Crippen molar-refractivity contribution < 1.29 is 8.42 Å². The molecule has 0 saturated carbocycles. The lowest BCUT2D eigenvalue weighted by Gasteiger charge is -1.81. The molecule has 0 atom stereocenters. The van der Waals surface area contributed by atoms with Crippen molar-refractivity contribution in [3.8, 4) is 0 Å². The van der Waals surface area contributed by atoms with Crippen LogP contribution in [0.5, 0.6) is 0 Å². The molecule has 0 aromatic heterocycles. The Morgan fingerprint density at radius 2 is 2.09 bits per heavy atom. The number of rotatable bonds is 2. The first-order valence-corrected chi connectivity index (χ1v) is 4.18. The lowest BCUT2D eigenvalue weighted by molar-refractivity contribution is 0.618. The van der Waals surface area contributed by atoms with Gasteiger partial charge in [0, 0.05) is 0 Å². The SMILES string of the molecule is C=C=C=C=C=C(CC)[SH](=O)=O. The molecule has 0 spiro atoms. The van der Waals surface area contributed by atoms with Crippen molar-refractivity contribution in [2.45, 2.75) is 13.3 Å². The van der Waals surface area contributed by atoms with Crippen LogP contribution >= 0.6 is 0 Å². The Morgan fingerprint density at radius 1 is 1.45 bits per heavy atom. The highest BCUT2D eigenvalue weighted by Gasteiger charge is 1.91. The van der Waals surface area contributed by atoms with Crippen LogP contribution in [0.4, 0.5) is 0 Å². The Kier molecular flexibility index (Phi) is 4.98. The second kappa shape index (κ2) is 5.58. The third kappa shape index (κ3) is 4.25. The second-order valence-corrected chi connectivity index (χ2v) is 2.66. The summed E-state index contributed by atoms with van der Waals surface area (Å²) in [6.45, 7) is 4.96. The summed E-state index contributed by atoms with van der Waals surface area (Å²) in [4.78, 5) is 0.211. The first kappa shape index (κ1) is 9.81. The van der Waals surface area contributed by atoms with Crippen LogP contribution in [0.1, 0.15) is 13.3 Å². The Labute approximate surface area is 67.5 Å². The highest BCUT2D eigenvalue weighted by Crippen LogP contribution is 1.96. The molecular formula is C8H8O2S. The third-order valence-electron chi connectivity index (χ3n) is 0.913. The van der Waals surface area contributed by atoms with Gasteiger partial charge in [-0.05, 0) is 30.2 Å². The average Bonchev–Trinajstić information content (AvgIpc) is 1.97. The van der Waals surface area contributed by atoms with Crippen LogP contribution in [0.15, 0.2) is 34.4 Å². The van der Waals surface area contributed by atoms with E-state index in [-0.39, 0.29) is 4.91 Å². The molecule has 3 heteroatoms. The van der Waals surface area contributed by atoms with E-state index >= 15 is 0 Å². The van der Waals surface area contributed by atoms with E-state index in [9.17, 15) is 8.42 Å². The van der Waals surface area contributed by atoms with E-state index in [0.29, 0.717) is 6.42 Å². The summed E-state index contributed by atoms with van der Waals surface area (Å²) in [7, 11) is -2.53. The lowest BCUT2D eigenvalue weighted by atomic mass is 10.4. The van der Waals surface area contributed by atoms with Gasteiger partial charge in [0.25, 0.3) is 0 Å². The Morgan fingerprint density at radius 3 is 2.45 bits per heavy atom. The molecule has 0 heterocycles. The Hall–Kier alpha value is -1.19. The van der Waals surface area contributed by atoms with Gasteiger partial charge in [0.1, 0.15) is 0 Å². The average molecular weight is 168 g/mol. The molecule has 0 aliphatic rings. The number of hydrogen-bond donors (Lipinski definition) is 1. The molecule has 11 heavy (non-hydrogen) atoms. The molecule has 0 radical (unpaired) electrons. The molecule has 0 unspecified atom stereocenters. The van der Waals surface area contributed by atoms with Crippen molar-refractivity contribution in [3.05, 3.63) is 34.4 Å². The summed E-state index contributed by atoms with van der Waals surface area (Å²) in [5, 5.41) is 0. The van der Waals surface area contributed by atoms with Crippen molar-refractivity contribution in [1.29, 1.82) is 0 Å². The molecule has 0 bridgehead atoms. The smallest absolute Gasteiger partial charge is 0.172 e. The monoisotopic (exact) mass is 168 g/mol. The Bertz CT molecular complexity index is 344. The predicted molar refractivity (Wildman–Crippen MR) is 43.8 cm³/mol. The molecule has 2 nitrogen and oxygen atoms in total. The molecule has 0 fully saturated rings. The molecular weight excluding hydrogens is 160 g/mol. The van der Waals surface area contributed by atoms with E-state index < -0.39 is 10.7 Å². The van der Waals surface area contributed by atoms with Crippen LogP contribution in [0.2, 0.25) is 0 Å². The van der Waals surface area contributed by atoms with Gasteiger partial charge in [-0.3, -0.25) is 0 Å². The summed E-state index contributed by atoms with van der Waals surface area (Å²) >= 11 is 0. The van der Waals surface area contributed by atoms with Gasteiger partial charge in [-0.15, -0.1) is 0 Å². The fraction of sp³-hybridized carbons (Fsp3) is 0.250. The van der Waals surface area contributed by atoms with Crippen molar-refractivity contribution >= 4 is 10.7 Å².